The maximum atomic E-state index is 14.8. The van der Waals surface area contributed by atoms with Crippen molar-refractivity contribution in [2.45, 2.75) is 153 Å². The molecule has 12 nitrogen and oxygen atoms in total. The van der Waals surface area contributed by atoms with E-state index in [1.807, 2.05) is 68.6 Å². The van der Waals surface area contributed by atoms with Gasteiger partial charge in [0.15, 0.2) is 5.78 Å². The van der Waals surface area contributed by atoms with Gasteiger partial charge in [-0.25, -0.2) is 0 Å². The van der Waals surface area contributed by atoms with E-state index in [0.29, 0.717) is 85.6 Å². The third-order valence-corrected chi connectivity index (χ3v) is 15.4. The van der Waals surface area contributed by atoms with Crippen molar-refractivity contribution in [1.82, 2.24) is 21.3 Å². The number of Topliss-reactive ketones (excluding diaryl/α,β-unsaturated/α-hetero) is 1. The molecule has 6 rings (SSSR count). The molecule has 2 bridgehead atoms. The number of nitrogens with two attached hydrogens (primary N) is 1. The number of hydrogen-bond acceptors (Lipinski definition) is 11. The highest BCUT2D eigenvalue weighted by Gasteiger charge is 2.64. The molecular formula is C55H79N5O7. The van der Waals surface area contributed by atoms with Crippen LogP contribution < -0.4 is 27.0 Å². The predicted octanol–water partition coefficient (Wildman–Crippen LogP) is 5.40. The number of ketones is 1. The second kappa shape index (κ2) is 23.0. The van der Waals surface area contributed by atoms with Gasteiger partial charge in [0.05, 0.1) is 30.5 Å². The van der Waals surface area contributed by atoms with Crippen LogP contribution in [-0.4, -0.2) is 100.0 Å². The van der Waals surface area contributed by atoms with Crippen molar-refractivity contribution in [3.8, 4) is 0 Å². The molecule has 0 aromatic heterocycles. The number of allylic oxidation sites excluding steroid dienone is 5. The van der Waals surface area contributed by atoms with E-state index in [1.54, 1.807) is 6.92 Å². The van der Waals surface area contributed by atoms with Gasteiger partial charge < -0.3 is 47.2 Å². The van der Waals surface area contributed by atoms with Gasteiger partial charge in [-0.1, -0.05) is 84.5 Å². The lowest BCUT2D eigenvalue weighted by Gasteiger charge is -2.56. The van der Waals surface area contributed by atoms with Crippen LogP contribution in [0.5, 0.6) is 0 Å². The minimum atomic E-state index is -1.34. The molecule has 11 N–H and O–H groups in total. The van der Waals surface area contributed by atoms with Gasteiger partial charge in [0, 0.05) is 42.9 Å². The number of rotatable bonds is 11. The van der Waals surface area contributed by atoms with Crippen molar-refractivity contribution in [2.24, 2.45) is 23.0 Å². The Kier molecular flexibility index (Phi) is 18.0. The van der Waals surface area contributed by atoms with Crippen molar-refractivity contribution in [2.75, 3.05) is 26.7 Å². The molecule has 12 heteroatoms. The van der Waals surface area contributed by atoms with Crippen molar-refractivity contribution >= 4 is 11.7 Å². The highest BCUT2D eigenvalue weighted by atomic mass is 16.3. The Balaban J connectivity index is 1.38. The second-order valence-corrected chi connectivity index (χ2v) is 20.4. The molecule has 0 saturated heterocycles. The van der Waals surface area contributed by atoms with Crippen LogP contribution in [0.4, 0.5) is 0 Å². The first-order chi connectivity index (χ1) is 31.9. The Hall–Kier alpha value is -4.08. The average molecular weight is 922 g/mol. The van der Waals surface area contributed by atoms with Crippen molar-refractivity contribution in [3.05, 3.63) is 129 Å². The van der Waals surface area contributed by atoms with E-state index < -0.39 is 53.4 Å². The molecule has 366 valence electrons. The molecule has 2 aliphatic carbocycles. The zero-order chi connectivity index (χ0) is 48.6. The van der Waals surface area contributed by atoms with E-state index in [0.717, 1.165) is 35.2 Å². The Morgan fingerprint density at radius 3 is 2.49 bits per heavy atom. The van der Waals surface area contributed by atoms with Gasteiger partial charge >= 0.3 is 0 Å². The number of likely N-dealkylation sites (N-methyl/N-ethyl adjacent to an activating group) is 1. The molecule has 2 aromatic carbocycles. The first kappa shape index (κ1) is 52.3. The number of benzene rings is 2. The van der Waals surface area contributed by atoms with Crippen molar-refractivity contribution < 1.29 is 35.1 Å². The molecule has 11 atom stereocenters. The monoisotopic (exact) mass is 922 g/mol. The topological polar surface area (TPSA) is 209 Å². The Morgan fingerprint density at radius 1 is 1.01 bits per heavy atom. The number of hydrogen-bond donors (Lipinski definition) is 10. The lowest BCUT2D eigenvalue weighted by Crippen LogP contribution is -2.59. The summed E-state index contributed by atoms with van der Waals surface area (Å²) in [6.07, 6.45) is 9.27. The van der Waals surface area contributed by atoms with Crippen LogP contribution in [0, 0.1) is 17.3 Å². The number of aliphatic hydroxyl groups excluding tert-OH is 4. The van der Waals surface area contributed by atoms with Crippen LogP contribution in [0.1, 0.15) is 126 Å². The molecule has 2 fully saturated rings. The van der Waals surface area contributed by atoms with Gasteiger partial charge in [-0.3, -0.25) is 14.9 Å². The minimum Gasteiger partial charge on any atom is -0.393 e. The summed E-state index contributed by atoms with van der Waals surface area (Å²) in [5, 5.41) is 72.2. The SMILES string of the molecule is C=C(C=CC=C(CO)C1CCC2(C3CCC(O)Cc4cccc(c4)CCC(O)CNC4C(=O)NC(N)c5cccc(c54)CC(=O)C(C)=C3CCC2(C)O)C1O)C(CC=C(C)C)NC(C)CNC. The van der Waals surface area contributed by atoms with Gasteiger partial charge in [0.25, 0.3) is 0 Å². The number of fused-ring (bicyclic) bond motifs is 4. The quantitative estimate of drug-likeness (QED) is 0.102. The fourth-order valence-corrected chi connectivity index (χ4v) is 11.7. The van der Waals surface area contributed by atoms with Crippen LogP contribution in [0.15, 0.2) is 101 Å². The summed E-state index contributed by atoms with van der Waals surface area (Å²) in [5.41, 5.74) is 12.2. The number of carbonyl (C=O) groups is 2. The highest BCUT2D eigenvalue weighted by Crippen LogP contribution is 2.63. The number of carbonyl (C=O) groups excluding carboxylic acids is 2. The van der Waals surface area contributed by atoms with Crippen LogP contribution >= 0.6 is 0 Å². The van der Waals surface area contributed by atoms with E-state index in [-0.39, 0.29) is 43.3 Å². The summed E-state index contributed by atoms with van der Waals surface area (Å²) in [4.78, 5) is 28.3. The number of aliphatic hydroxyl groups is 5. The van der Waals surface area contributed by atoms with Gasteiger partial charge in [-0.2, -0.15) is 0 Å². The number of β-amino-alcohol motifs (C(OH)–C–C–N with tert-alkyl or cyclic N) is 1. The first-order valence-electron chi connectivity index (χ1n) is 24.6. The van der Waals surface area contributed by atoms with Gasteiger partial charge in [-0.05, 0) is 156 Å². The Bertz CT molecular complexity index is 2210. The molecule has 2 saturated carbocycles. The average Bonchev–Trinajstić information content (AvgIpc) is 3.62. The molecular weight excluding hydrogens is 843 g/mol. The highest BCUT2D eigenvalue weighted by molar-refractivity contribution is 5.98. The zero-order valence-corrected chi connectivity index (χ0v) is 40.8. The molecule has 0 radical (unpaired) electrons. The van der Waals surface area contributed by atoms with E-state index in [2.05, 4.69) is 60.8 Å². The third kappa shape index (κ3) is 12.0. The number of aryl methyl sites for hydroxylation is 1. The standard InChI is InChI=1S/C55H79N5O7/c1-33(2)17-22-47(59-35(4)30-57-7)34(3)11-8-15-40(32-61)44-24-26-55(51(44)65)46-21-20-41(62)28-38-13-9-12-37(27-38)18-19-42(63)31-58-50-49-39(14-10-16-45(49)52(56)60-53(50)66)29-48(64)36(5)43(46)23-25-54(55,6)67/h8-17,27,35,41-42,44,46-47,50-52,57-59,61-63,65,67H,3,18-26,28-32,56H2,1-2,4-7H3,(H,60,66). The zero-order valence-electron chi connectivity index (χ0n) is 40.8. The van der Waals surface area contributed by atoms with E-state index in [9.17, 15) is 35.1 Å². The smallest absolute Gasteiger partial charge is 0.243 e. The molecule has 2 aliphatic heterocycles. The fraction of sp³-hybridized carbons (Fsp3) is 0.564. The summed E-state index contributed by atoms with van der Waals surface area (Å²) in [5.74, 6) is -1.41. The number of nitrogens with one attached hydrogen (secondary N) is 4. The molecule has 2 heterocycles. The summed E-state index contributed by atoms with van der Waals surface area (Å²) in [6, 6.07) is 12.9. The van der Waals surface area contributed by atoms with Gasteiger partial charge in [-0.15, -0.1) is 0 Å². The Labute approximate surface area is 399 Å². The number of amides is 1. The normalized spacial score (nSPS) is 30.9. The third-order valence-electron chi connectivity index (χ3n) is 15.4. The Morgan fingerprint density at radius 2 is 1.76 bits per heavy atom. The van der Waals surface area contributed by atoms with Crippen LogP contribution in [0.25, 0.3) is 0 Å². The summed E-state index contributed by atoms with van der Waals surface area (Å²) in [6.45, 7) is 15.0. The molecule has 1 amide bonds. The molecule has 4 aliphatic rings. The lowest BCUT2D eigenvalue weighted by atomic mass is 9.52. The molecule has 2 aromatic rings. The van der Waals surface area contributed by atoms with E-state index >= 15 is 0 Å². The first-order valence-corrected chi connectivity index (χ1v) is 24.6. The van der Waals surface area contributed by atoms with Crippen LogP contribution in [-0.2, 0) is 28.9 Å². The fourth-order valence-electron chi connectivity index (χ4n) is 11.7. The molecule has 1 spiro atoms. The molecule has 67 heavy (non-hydrogen) atoms. The minimum absolute atomic E-state index is 0.00306. The summed E-state index contributed by atoms with van der Waals surface area (Å²) in [7, 11) is 1.93. The van der Waals surface area contributed by atoms with Crippen LogP contribution in [0.3, 0.4) is 0 Å². The second-order valence-electron chi connectivity index (χ2n) is 20.4. The predicted molar refractivity (Wildman–Crippen MR) is 266 cm³/mol. The van der Waals surface area contributed by atoms with E-state index in [1.165, 1.54) is 5.57 Å². The van der Waals surface area contributed by atoms with E-state index in [4.69, 9.17) is 5.73 Å². The van der Waals surface area contributed by atoms with Gasteiger partial charge in [0.2, 0.25) is 5.91 Å². The largest absolute Gasteiger partial charge is 0.393 e. The lowest BCUT2D eigenvalue weighted by molar-refractivity contribution is -0.168. The molecule has 11 unspecified atom stereocenters. The van der Waals surface area contributed by atoms with Crippen molar-refractivity contribution in [3.63, 3.8) is 0 Å². The van der Waals surface area contributed by atoms with Gasteiger partial charge in [0.1, 0.15) is 12.2 Å². The maximum Gasteiger partial charge on any atom is 0.243 e. The van der Waals surface area contributed by atoms with Crippen molar-refractivity contribution in [1.29, 1.82) is 0 Å². The maximum absolute atomic E-state index is 14.8. The summed E-state index contributed by atoms with van der Waals surface area (Å²) >= 11 is 0. The van der Waals surface area contributed by atoms with Crippen LogP contribution in [0.2, 0.25) is 0 Å². The summed E-state index contributed by atoms with van der Waals surface area (Å²) < 4.78 is 0.